The van der Waals surface area contributed by atoms with E-state index in [-0.39, 0.29) is 19.2 Å². The number of rotatable bonds is 40. The van der Waals surface area contributed by atoms with Crippen LogP contribution < -0.4 is 0 Å². The SMILES string of the molecule is C[N+](C)(C)CCOP(=O)(O)OC[C@H](O)COC(=O)CCCCCCCCCCCCCCCCCCCCCCCCCCCCCCC(=O)O. The molecule has 3 N–H and O–H groups in total. The molecule has 0 aliphatic carbocycles. The number of carbonyl (C=O) groups is 2. The van der Waals surface area contributed by atoms with Crippen LogP contribution in [0.2, 0.25) is 0 Å². The molecule has 0 aromatic rings. The van der Waals surface area contributed by atoms with Gasteiger partial charge in [-0.2, -0.15) is 0 Å². The first-order chi connectivity index (χ1) is 24.4. The van der Waals surface area contributed by atoms with Gasteiger partial charge in [0, 0.05) is 12.8 Å². The summed E-state index contributed by atoms with van der Waals surface area (Å²) >= 11 is 0. The number of ether oxygens (including phenoxy) is 1. The largest absolute Gasteiger partial charge is 0.481 e. The average Bonchev–Trinajstić information content (AvgIpc) is 3.06. The van der Waals surface area contributed by atoms with E-state index in [2.05, 4.69) is 0 Å². The third-order valence-electron chi connectivity index (χ3n) is 9.40. The van der Waals surface area contributed by atoms with Crippen molar-refractivity contribution in [2.24, 2.45) is 0 Å². The Labute approximate surface area is 313 Å². The number of aliphatic hydroxyl groups excluding tert-OH is 1. The van der Waals surface area contributed by atoms with Gasteiger partial charge in [-0.15, -0.1) is 0 Å². The summed E-state index contributed by atoms with van der Waals surface area (Å²) in [5.74, 6) is -1.04. The fourth-order valence-corrected chi connectivity index (χ4v) is 6.85. The van der Waals surface area contributed by atoms with E-state index >= 15 is 0 Å². The smallest absolute Gasteiger partial charge is 0.472 e. The summed E-state index contributed by atoms with van der Waals surface area (Å²) in [6, 6.07) is 0. The molecule has 51 heavy (non-hydrogen) atoms. The number of likely N-dealkylation sites (N-methyl/N-ethyl adjacent to an activating group) is 1. The van der Waals surface area contributed by atoms with Gasteiger partial charge < -0.3 is 24.3 Å². The Bertz CT molecular complexity index is 852. The minimum atomic E-state index is -4.25. The molecule has 11 heteroatoms. The Morgan fingerprint density at radius 2 is 0.843 bits per heavy atom. The fraction of sp³-hybridized carbons (Fsp3) is 0.950. The van der Waals surface area contributed by atoms with Crippen LogP contribution >= 0.6 is 7.82 Å². The van der Waals surface area contributed by atoms with Gasteiger partial charge in [-0.3, -0.25) is 18.6 Å². The molecule has 0 aromatic heterocycles. The number of hydrogen-bond donors (Lipinski definition) is 3. The Morgan fingerprint density at radius 3 is 1.16 bits per heavy atom. The molecule has 304 valence electrons. The third-order valence-corrected chi connectivity index (χ3v) is 10.4. The molecule has 0 saturated carbocycles. The molecule has 10 nitrogen and oxygen atoms in total. The lowest BCUT2D eigenvalue weighted by Gasteiger charge is -2.24. The average molecular weight is 751 g/mol. The van der Waals surface area contributed by atoms with Gasteiger partial charge in [0.05, 0.1) is 27.7 Å². The zero-order chi connectivity index (χ0) is 37.9. The maximum atomic E-state index is 11.9. The molecule has 1 unspecified atom stereocenters. The lowest BCUT2D eigenvalue weighted by atomic mass is 10.0. The molecular weight excluding hydrogens is 669 g/mol. The van der Waals surface area contributed by atoms with E-state index in [9.17, 15) is 24.2 Å². The first kappa shape index (κ1) is 50.0. The van der Waals surface area contributed by atoms with Crippen LogP contribution in [0.4, 0.5) is 0 Å². The van der Waals surface area contributed by atoms with Crippen molar-refractivity contribution in [3.05, 3.63) is 0 Å². The number of aliphatic hydroxyl groups is 1. The molecule has 0 aliphatic heterocycles. The van der Waals surface area contributed by atoms with Crippen molar-refractivity contribution in [1.82, 2.24) is 0 Å². The molecule has 0 bridgehead atoms. The van der Waals surface area contributed by atoms with Crippen LogP contribution in [0.5, 0.6) is 0 Å². The van der Waals surface area contributed by atoms with E-state index in [1.165, 1.54) is 148 Å². The quantitative estimate of drug-likeness (QED) is 0.0242. The number of phosphoric acid groups is 1. The number of unbranched alkanes of at least 4 members (excludes halogenated alkanes) is 27. The second-order valence-electron chi connectivity index (χ2n) is 15.7. The topological polar surface area (TPSA) is 140 Å². The summed E-state index contributed by atoms with van der Waals surface area (Å²) in [6.07, 6.45) is 35.2. The lowest BCUT2D eigenvalue weighted by molar-refractivity contribution is -0.870. The number of aliphatic carboxylic acids is 1. The Morgan fingerprint density at radius 1 is 0.529 bits per heavy atom. The monoisotopic (exact) mass is 751 g/mol. The van der Waals surface area contributed by atoms with Crippen LogP contribution in [0.1, 0.15) is 193 Å². The third kappa shape index (κ3) is 41.6. The highest BCUT2D eigenvalue weighted by molar-refractivity contribution is 7.47. The normalized spacial score (nSPS) is 13.7. The van der Waals surface area contributed by atoms with E-state index in [4.69, 9.17) is 18.9 Å². The number of carboxylic acid groups (broad SMARTS) is 1. The zero-order valence-corrected chi connectivity index (χ0v) is 34.2. The first-order valence-corrected chi connectivity index (χ1v) is 22.4. The van der Waals surface area contributed by atoms with Gasteiger partial charge in [-0.1, -0.05) is 167 Å². The maximum Gasteiger partial charge on any atom is 0.472 e. The molecular formula is C40H81NO9P+. The Hall–Kier alpha value is -1.03. The maximum absolute atomic E-state index is 11.9. The van der Waals surface area contributed by atoms with Crippen molar-refractivity contribution in [3.8, 4) is 0 Å². The van der Waals surface area contributed by atoms with Gasteiger partial charge in [0.2, 0.25) is 0 Å². The van der Waals surface area contributed by atoms with Crippen molar-refractivity contribution < 1.29 is 47.5 Å². The lowest BCUT2D eigenvalue weighted by Crippen LogP contribution is -2.37. The number of carbonyl (C=O) groups excluding carboxylic acids is 1. The van der Waals surface area contributed by atoms with Gasteiger partial charge in [0.15, 0.2) is 0 Å². The van der Waals surface area contributed by atoms with Gasteiger partial charge in [-0.25, -0.2) is 4.57 Å². The number of quaternary nitrogens is 1. The predicted octanol–water partition coefficient (Wildman–Crippen LogP) is 10.5. The molecule has 0 fully saturated rings. The van der Waals surface area contributed by atoms with E-state index < -0.39 is 26.5 Å². The van der Waals surface area contributed by atoms with E-state index in [0.717, 1.165) is 32.1 Å². The van der Waals surface area contributed by atoms with E-state index in [1.807, 2.05) is 21.1 Å². The van der Waals surface area contributed by atoms with Gasteiger partial charge in [0.25, 0.3) is 0 Å². The zero-order valence-electron chi connectivity index (χ0n) is 33.3. The molecule has 2 atom stereocenters. The molecule has 0 amide bonds. The number of hydrogen-bond acceptors (Lipinski definition) is 7. The summed E-state index contributed by atoms with van der Waals surface area (Å²) in [5.41, 5.74) is 0. The number of nitrogens with zero attached hydrogens (tertiary/aromatic N) is 1. The van der Waals surface area contributed by atoms with Crippen molar-refractivity contribution in [1.29, 1.82) is 0 Å². The summed E-state index contributed by atoms with van der Waals surface area (Å²) in [6.45, 7) is -0.139. The molecule has 0 heterocycles. The van der Waals surface area contributed by atoms with Crippen LogP contribution in [0.15, 0.2) is 0 Å². The van der Waals surface area contributed by atoms with E-state index in [1.54, 1.807) is 0 Å². The predicted molar refractivity (Wildman–Crippen MR) is 208 cm³/mol. The molecule has 0 spiro atoms. The van der Waals surface area contributed by atoms with Crippen molar-refractivity contribution in [2.75, 3.05) is 47.5 Å². The van der Waals surface area contributed by atoms with Gasteiger partial charge >= 0.3 is 19.8 Å². The summed E-state index contributed by atoms with van der Waals surface area (Å²) in [4.78, 5) is 32.1. The fourth-order valence-electron chi connectivity index (χ4n) is 6.10. The van der Waals surface area contributed by atoms with Crippen molar-refractivity contribution >= 4 is 19.8 Å². The number of phosphoric ester groups is 1. The summed E-state index contributed by atoms with van der Waals surface area (Å²) in [7, 11) is 1.55. The Balaban J connectivity index is 3.31. The van der Waals surface area contributed by atoms with Gasteiger partial charge in [-0.05, 0) is 12.8 Å². The minimum absolute atomic E-state index is 0.0518. The van der Waals surface area contributed by atoms with Crippen molar-refractivity contribution in [3.63, 3.8) is 0 Å². The molecule has 0 saturated heterocycles. The molecule has 0 rings (SSSR count). The van der Waals surface area contributed by atoms with Crippen LogP contribution in [-0.4, -0.2) is 85.1 Å². The number of esters is 1. The van der Waals surface area contributed by atoms with Crippen LogP contribution in [0.3, 0.4) is 0 Å². The van der Waals surface area contributed by atoms with Crippen molar-refractivity contribution in [2.45, 2.75) is 199 Å². The highest BCUT2D eigenvalue weighted by Crippen LogP contribution is 2.43. The summed E-state index contributed by atoms with van der Waals surface area (Å²) < 4.78 is 27.2. The second kappa shape index (κ2) is 34.7. The van der Waals surface area contributed by atoms with E-state index in [0.29, 0.717) is 23.9 Å². The van der Waals surface area contributed by atoms with Gasteiger partial charge in [0.1, 0.15) is 25.9 Å². The number of carboxylic acids is 1. The standard InChI is InChI=1S/C40H80NO9P/c1-41(2,3)34-35-49-51(46,47)50-37-38(42)36-48-40(45)33-31-29-27-25-23-21-19-17-15-13-11-9-7-5-4-6-8-10-12-14-16-18-20-22-24-26-28-30-32-39(43)44/h38,42H,4-37H2,1-3H3,(H-,43,44,46,47)/p+1/t38-/m1/s1. The molecule has 0 aromatic carbocycles. The summed E-state index contributed by atoms with van der Waals surface area (Å²) in [5, 5.41) is 18.6. The highest BCUT2D eigenvalue weighted by Gasteiger charge is 2.24. The first-order valence-electron chi connectivity index (χ1n) is 20.9. The van der Waals surface area contributed by atoms with Crippen LogP contribution in [0.25, 0.3) is 0 Å². The highest BCUT2D eigenvalue weighted by atomic mass is 31.2. The van der Waals surface area contributed by atoms with Crippen LogP contribution in [0, 0.1) is 0 Å². The second-order valence-corrected chi connectivity index (χ2v) is 17.2. The molecule has 0 aliphatic rings. The Kier molecular flexibility index (Phi) is 34.0. The molecule has 0 radical (unpaired) electrons. The minimum Gasteiger partial charge on any atom is -0.481 e. The van der Waals surface area contributed by atoms with Crippen LogP contribution in [-0.2, 0) is 27.9 Å².